The summed E-state index contributed by atoms with van der Waals surface area (Å²) in [7, 11) is 1.80. The second-order valence-corrected chi connectivity index (χ2v) is 3.68. The van der Waals surface area contributed by atoms with Crippen molar-refractivity contribution in [1.82, 2.24) is 10.3 Å². The molecule has 0 radical (unpaired) electrons. The van der Waals surface area contributed by atoms with Crippen molar-refractivity contribution in [1.29, 1.82) is 0 Å². The van der Waals surface area contributed by atoms with Gasteiger partial charge < -0.3 is 9.73 Å². The first-order chi connectivity index (χ1) is 7.70. The number of halogens is 2. The molecule has 0 amide bonds. The number of hydrogen-bond donors (Lipinski definition) is 1. The van der Waals surface area contributed by atoms with Crippen LogP contribution in [-0.4, -0.2) is 12.0 Å². The van der Waals surface area contributed by atoms with E-state index in [0.29, 0.717) is 23.8 Å². The van der Waals surface area contributed by atoms with Gasteiger partial charge in [-0.2, -0.15) is 0 Å². The highest BCUT2D eigenvalue weighted by molar-refractivity contribution is 6.30. The van der Waals surface area contributed by atoms with E-state index < -0.39 is 5.82 Å². The van der Waals surface area contributed by atoms with Gasteiger partial charge in [0, 0.05) is 5.56 Å². The maximum Gasteiger partial charge on any atom is 0.208 e. The zero-order chi connectivity index (χ0) is 11.5. The van der Waals surface area contributed by atoms with Crippen molar-refractivity contribution in [3.05, 3.63) is 41.1 Å². The number of benzene rings is 1. The SMILES string of the molecule is CNCc1ncc(-c2ccc(Cl)c(F)c2)o1. The average molecular weight is 241 g/mol. The van der Waals surface area contributed by atoms with Gasteiger partial charge in [-0.1, -0.05) is 11.6 Å². The van der Waals surface area contributed by atoms with Gasteiger partial charge in [-0.05, 0) is 25.2 Å². The highest BCUT2D eigenvalue weighted by atomic mass is 35.5. The third kappa shape index (κ3) is 2.23. The van der Waals surface area contributed by atoms with Crippen LogP contribution in [-0.2, 0) is 6.54 Å². The summed E-state index contributed by atoms with van der Waals surface area (Å²) in [4.78, 5) is 4.05. The van der Waals surface area contributed by atoms with E-state index >= 15 is 0 Å². The molecule has 84 valence electrons. The number of oxazole rings is 1. The molecule has 3 nitrogen and oxygen atoms in total. The minimum Gasteiger partial charge on any atom is -0.439 e. The van der Waals surface area contributed by atoms with Gasteiger partial charge in [0.2, 0.25) is 5.89 Å². The Morgan fingerprint density at radius 3 is 3.00 bits per heavy atom. The first kappa shape index (κ1) is 11.1. The Bertz CT molecular complexity index is 498. The van der Waals surface area contributed by atoms with E-state index in [1.165, 1.54) is 12.1 Å². The molecule has 0 aliphatic rings. The van der Waals surface area contributed by atoms with Crippen LogP contribution in [0.4, 0.5) is 4.39 Å². The van der Waals surface area contributed by atoms with Gasteiger partial charge in [0.15, 0.2) is 5.76 Å². The third-order valence-electron chi connectivity index (χ3n) is 2.09. The summed E-state index contributed by atoms with van der Waals surface area (Å²) in [5, 5.41) is 3.01. The summed E-state index contributed by atoms with van der Waals surface area (Å²) in [6, 6.07) is 4.51. The summed E-state index contributed by atoms with van der Waals surface area (Å²) in [6.45, 7) is 0.538. The normalized spacial score (nSPS) is 10.7. The first-order valence-corrected chi connectivity index (χ1v) is 5.13. The van der Waals surface area contributed by atoms with Gasteiger partial charge in [-0.3, -0.25) is 0 Å². The Hall–Kier alpha value is -1.39. The zero-order valence-corrected chi connectivity index (χ0v) is 9.38. The molecular formula is C11H10ClFN2O. The van der Waals surface area contributed by atoms with Crippen LogP contribution in [0.25, 0.3) is 11.3 Å². The highest BCUT2D eigenvalue weighted by Gasteiger charge is 2.08. The van der Waals surface area contributed by atoms with Gasteiger partial charge in [-0.15, -0.1) is 0 Å². The van der Waals surface area contributed by atoms with Crippen molar-refractivity contribution in [2.45, 2.75) is 6.54 Å². The summed E-state index contributed by atoms with van der Waals surface area (Å²) >= 11 is 5.59. The van der Waals surface area contributed by atoms with Crippen LogP contribution in [0.5, 0.6) is 0 Å². The minimum absolute atomic E-state index is 0.0960. The second kappa shape index (κ2) is 4.63. The van der Waals surface area contributed by atoms with E-state index in [1.54, 1.807) is 19.3 Å². The highest BCUT2D eigenvalue weighted by Crippen LogP contribution is 2.24. The summed E-state index contributed by atoms with van der Waals surface area (Å²) in [5.74, 6) is 0.624. The van der Waals surface area contributed by atoms with Crippen LogP contribution in [0.3, 0.4) is 0 Å². The van der Waals surface area contributed by atoms with Crippen molar-refractivity contribution in [2.24, 2.45) is 0 Å². The predicted molar refractivity (Wildman–Crippen MR) is 59.7 cm³/mol. The molecule has 1 heterocycles. The average Bonchev–Trinajstić information content (AvgIpc) is 2.71. The molecule has 0 atom stereocenters. The van der Waals surface area contributed by atoms with Crippen molar-refractivity contribution in [3.8, 4) is 11.3 Å². The Morgan fingerprint density at radius 1 is 1.50 bits per heavy atom. The molecule has 0 fully saturated rings. The Morgan fingerprint density at radius 2 is 2.31 bits per heavy atom. The van der Waals surface area contributed by atoms with Gasteiger partial charge in [0.05, 0.1) is 17.8 Å². The molecule has 1 N–H and O–H groups in total. The van der Waals surface area contributed by atoms with Crippen LogP contribution in [0.1, 0.15) is 5.89 Å². The first-order valence-electron chi connectivity index (χ1n) is 4.75. The predicted octanol–water partition coefficient (Wildman–Crippen LogP) is 2.85. The molecule has 0 aliphatic carbocycles. The quantitative estimate of drug-likeness (QED) is 0.897. The van der Waals surface area contributed by atoms with Crippen LogP contribution in [0.15, 0.2) is 28.8 Å². The van der Waals surface area contributed by atoms with E-state index in [0.717, 1.165) is 0 Å². The van der Waals surface area contributed by atoms with E-state index in [4.69, 9.17) is 16.0 Å². The molecular weight excluding hydrogens is 231 g/mol. The van der Waals surface area contributed by atoms with Crippen LogP contribution in [0, 0.1) is 5.82 Å². The summed E-state index contributed by atoms with van der Waals surface area (Å²) in [6.07, 6.45) is 1.56. The number of aromatic nitrogens is 1. The fourth-order valence-corrected chi connectivity index (χ4v) is 1.44. The van der Waals surface area contributed by atoms with E-state index in [1.807, 2.05) is 0 Å². The number of nitrogens with one attached hydrogen (secondary N) is 1. The number of hydrogen-bond acceptors (Lipinski definition) is 3. The zero-order valence-electron chi connectivity index (χ0n) is 8.63. The molecule has 1 aromatic carbocycles. The lowest BCUT2D eigenvalue weighted by atomic mass is 10.2. The van der Waals surface area contributed by atoms with Crippen molar-refractivity contribution < 1.29 is 8.81 Å². The van der Waals surface area contributed by atoms with Crippen LogP contribution < -0.4 is 5.32 Å². The molecule has 0 spiro atoms. The molecule has 0 unspecified atom stereocenters. The van der Waals surface area contributed by atoms with E-state index in [9.17, 15) is 4.39 Å². The van der Waals surface area contributed by atoms with Crippen LogP contribution in [0.2, 0.25) is 5.02 Å². The maximum atomic E-state index is 13.2. The fraction of sp³-hybridized carbons (Fsp3) is 0.182. The summed E-state index contributed by atoms with van der Waals surface area (Å²) in [5.41, 5.74) is 0.622. The molecule has 16 heavy (non-hydrogen) atoms. The standard InChI is InChI=1S/C11H10ClFN2O/c1-14-6-11-15-5-10(16-11)7-2-3-8(12)9(13)4-7/h2-5,14H,6H2,1H3. The Balaban J connectivity index is 2.31. The van der Waals surface area contributed by atoms with E-state index in [-0.39, 0.29) is 5.02 Å². The van der Waals surface area contributed by atoms with Gasteiger partial charge in [0.1, 0.15) is 5.82 Å². The molecule has 5 heteroatoms. The minimum atomic E-state index is -0.467. The molecule has 0 bridgehead atoms. The molecule has 0 aliphatic heterocycles. The van der Waals surface area contributed by atoms with Crippen molar-refractivity contribution in [2.75, 3.05) is 7.05 Å². The number of nitrogens with zero attached hydrogens (tertiary/aromatic N) is 1. The molecule has 1 aromatic heterocycles. The van der Waals surface area contributed by atoms with E-state index in [2.05, 4.69) is 10.3 Å². The lowest BCUT2D eigenvalue weighted by Crippen LogP contribution is -2.04. The molecule has 2 rings (SSSR count). The summed E-state index contributed by atoms with van der Waals surface area (Å²) < 4.78 is 18.6. The Labute approximate surface area is 97.3 Å². The van der Waals surface area contributed by atoms with Crippen LogP contribution >= 0.6 is 11.6 Å². The maximum absolute atomic E-state index is 13.2. The monoisotopic (exact) mass is 240 g/mol. The van der Waals surface area contributed by atoms with Gasteiger partial charge in [0.25, 0.3) is 0 Å². The van der Waals surface area contributed by atoms with Gasteiger partial charge in [-0.25, -0.2) is 9.37 Å². The molecule has 0 saturated carbocycles. The molecule has 0 saturated heterocycles. The largest absolute Gasteiger partial charge is 0.439 e. The van der Waals surface area contributed by atoms with Crippen molar-refractivity contribution in [3.63, 3.8) is 0 Å². The lowest BCUT2D eigenvalue weighted by Gasteiger charge is -1.98. The lowest BCUT2D eigenvalue weighted by molar-refractivity contribution is 0.490. The fourth-order valence-electron chi connectivity index (χ4n) is 1.33. The second-order valence-electron chi connectivity index (χ2n) is 3.28. The molecule has 2 aromatic rings. The number of rotatable bonds is 3. The van der Waals surface area contributed by atoms with Crippen molar-refractivity contribution >= 4 is 11.6 Å². The van der Waals surface area contributed by atoms with Gasteiger partial charge >= 0.3 is 0 Å². The smallest absolute Gasteiger partial charge is 0.208 e. The third-order valence-corrected chi connectivity index (χ3v) is 2.39. The topological polar surface area (TPSA) is 38.1 Å². The Kier molecular flexibility index (Phi) is 3.22.